The number of nitriles is 1. The van der Waals surface area contributed by atoms with Gasteiger partial charge in [0.1, 0.15) is 23.0 Å². The maximum Gasteiger partial charge on any atom is 0.229 e. The third kappa shape index (κ3) is 1.55. The predicted molar refractivity (Wildman–Crippen MR) is 53.3 cm³/mol. The molecule has 4 heteroatoms. The summed E-state index contributed by atoms with van der Waals surface area (Å²) < 4.78 is 10.2. The van der Waals surface area contributed by atoms with Crippen molar-refractivity contribution in [2.75, 3.05) is 7.11 Å². The molecule has 4 nitrogen and oxygen atoms in total. The molecular formula is C11H8N2O2. The summed E-state index contributed by atoms with van der Waals surface area (Å²) in [6.07, 6.45) is 0. The molecule has 0 aliphatic heterocycles. The van der Waals surface area contributed by atoms with E-state index in [1.54, 1.807) is 31.4 Å². The fraction of sp³-hybridized carbons (Fsp3) is 0.0909. The average molecular weight is 200 g/mol. The van der Waals surface area contributed by atoms with Crippen molar-refractivity contribution in [1.82, 2.24) is 0 Å². The Labute approximate surface area is 85.8 Å². The number of rotatable bonds is 1. The van der Waals surface area contributed by atoms with E-state index in [-0.39, 0.29) is 11.1 Å². The maximum atomic E-state index is 8.72. The van der Waals surface area contributed by atoms with Crippen LogP contribution in [0.4, 0.5) is 0 Å². The third-order valence-electron chi connectivity index (χ3n) is 2.10. The van der Waals surface area contributed by atoms with Crippen LogP contribution in [0.15, 0.2) is 28.7 Å². The van der Waals surface area contributed by atoms with Crippen molar-refractivity contribution >= 4 is 11.0 Å². The molecule has 2 aromatic rings. The molecule has 0 aliphatic carbocycles. The van der Waals surface area contributed by atoms with Gasteiger partial charge in [0.15, 0.2) is 0 Å². The summed E-state index contributed by atoms with van der Waals surface area (Å²) in [5.41, 5.74) is 0.643. The van der Waals surface area contributed by atoms with Crippen LogP contribution in [0.3, 0.4) is 0 Å². The van der Waals surface area contributed by atoms with Crippen molar-refractivity contribution in [3.8, 4) is 11.8 Å². The van der Waals surface area contributed by atoms with Gasteiger partial charge >= 0.3 is 0 Å². The van der Waals surface area contributed by atoms with Crippen LogP contribution in [0.2, 0.25) is 0 Å². The van der Waals surface area contributed by atoms with Crippen LogP contribution in [-0.4, -0.2) is 7.11 Å². The minimum absolute atomic E-state index is 0.127. The Hall–Kier alpha value is -2.28. The highest BCUT2D eigenvalue weighted by Crippen LogP contribution is 2.19. The summed E-state index contributed by atoms with van der Waals surface area (Å²) in [7, 11) is 1.56. The van der Waals surface area contributed by atoms with E-state index in [4.69, 9.17) is 19.8 Å². The number of nitrogens with zero attached hydrogens (tertiary/aromatic N) is 1. The minimum Gasteiger partial charge on any atom is -0.497 e. The SMILES string of the molecule is COc1ccc2cc(C#N)c(=N)oc2c1. The van der Waals surface area contributed by atoms with Crippen molar-refractivity contribution < 1.29 is 9.15 Å². The molecule has 0 bridgehead atoms. The molecular weight excluding hydrogens is 192 g/mol. The zero-order valence-electron chi connectivity index (χ0n) is 8.07. The van der Waals surface area contributed by atoms with Gasteiger partial charge in [-0.2, -0.15) is 5.26 Å². The number of fused-ring (bicyclic) bond motifs is 1. The van der Waals surface area contributed by atoms with Crippen LogP contribution in [0.5, 0.6) is 5.75 Å². The second-order valence-electron chi connectivity index (χ2n) is 3.00. The van der Waals surface area contributed by atoms with Crippen molar-refractivity contribution in [1.29, 1.82) is 10.7 Å². The first-order valence-corrected chi connectivity index (χ1v) is 4.31. The van der Waals surface area contributed by atoms with Gasteiger partial charge in [-0.05, 0) is 18.2 Å². The second-order valence-corrected chi connectivity index (χ2v) is 3.00. The number of methoxy groups -OCH3 is 1. The fourth-order valence-electron chi connectivity index (χ4n) is 1.32. The molecule has 1 heterocycles. The van der Waals surface area contributed by atoms with Crippen molar-refractivity contribution in [3.63, 3.8) is 0 Å². The summed E-state index contributed by atoms with van der Waals surface area (Å²) in [6, 6.07) is 8.79. The Bertz CT molecular complexity index is 608. The molecule has 0 fully saturated rings. The van der Waals surface area contributed by atoms with Gasteiger partial charge in [0, 0.05) is 11.5 Å². The standard InChI is InChI=1S/C11H8N2O2/c1-14-9-3-2-7-4-8(6-12)11(13)15-10(7)5-9/h2-5,13H,1H3. The lowest BCUT2D eigenvalue weighted by Gasteiger charge is -2.01. The normalized spacial score (nSPS) is 9.87. The Kier molecular flexibility index (Phi) is 2.14. The number of nitrogens with one attached hydrogen (secondary N) is 1. The molecule has 74 valence electrons. The lowest BCUT2D eigenvalue weighted by Crippen LogP contribution is -2.03. The first kappa shape index (κ1) is 9.28. The van der Waals surface area contributed by atoms with Crippen molar-refractivity contribution in [2.45, 2.75) is 0 Å². The van der Waals surface area contributed by atoms with Gasteiger partial charge in [-0.3, -0.25) is 5.41 Å². The molecule has 2 rings (SSSR count). The summed E-state index contributed by atoms with van der Waals surface area (Å²) in [5, 5.41) is 17.0. The van der Waals surface area contributed by atoms with Crippen LogP contribution in [0.1, 0.15) is 5.56 Å². The zero-order valence-corrected chi connectivity index (χ0v) is 8.07. The summed E-state index contributed by atoms with van der Waals surface area (Å²) in [5.74, 6) is 0.662. The van der Waals surface area contributed by atoms with E-state index in [1.165, 1.54) is 0 Å². The van der Waals surface area contributed by atoms with Crippen LogP contribution in [0.25, 0.3) is 11.0 Å². The summed E-state index contributed by atoms with van der Waals surface area (Å²) >= 11 is 0. The minimum atomic E-state index is -0.127. The van der Waals surface area contributed by atoms with E-state index in [9.17, 15) is 0 Å². The number of hydrogen-bond acceptors (Lipinski definition) is 4. The van der Waals surface area contributed by atoms with Gasteiger partial charge in [0.05, 0.1) is 7.11 Å². The number of ether oxygens (including phenoxy) is 1. The molecule has 0 amide bonds. The molecule has 15 heavy (non-hydrogen) atoms. The molecule has 1 aromatic heterocycles. The topological polar surface area (TPSA) is 70.0 Å². The highest BCUT2D eigenvalue weighted by atomic mass is 16.5. The Morgan fingerprint density at radius 2 is 2.20 bits per heavy atom. The Morgan fingerprint density at radius 1 is 1.40 bits per heavy atom. The van der Waals surface area contributed by atoms with Crippen LogP contribution in [0, 0.1) is 16.7 Å². The van der Waals surface area contributed by atoms with E-state index in [0.717, 1.165) is 5.39 Å². The molecule has 1 N–H and O–H groups in total. The first-order valence-electron chi connectivity index (χ1n) is 4.31. The monoisotopic (exact) mass is 200 g/mol. The smallest absolute Gasteiger partial charge is 0.229 e. The van der Waals surface area contributed by atoms with E-state index >= 15 is 0 Å². The van der Waals surface area contributed by atoms with E-state index in [2.05, 4.69) is 0 Å². The summed E-state index contributed by atoms with van der Waals surface area (Å²) in [6.45, 7) is 0. The van der Waals surface area contributed by atoms with Crippen LogP contribution < -0.4 is 10.3 Å². The van der Waals surface area contributed by atoms with Crippen LogP contribution in [-0.2, 0) is 0 Å². The lowest BCUT2D eigenvalue weighted by atomic mass is 10.2. The number of hydrogen-bond donors (Lipinski definition) is 1. The van der Waals surface area contributed by atoms with Crippen molar-refractivity contribution in [3.05, 3.63) is 35.4 Å². The van der Waals surface area contributed by atoms with Gasteiger partial charge in [0.25, 0.3) is 0 Å². The summed E-state index contributed by atoms with van der Waals surface area (Å²) in [4.78, 5) is 0. The zero-order chi connectivity index (χ0) is 10.8. The highest BCUT2D eigenvalue weighted by Gasteiger charge is 2.02. The molecule has 0 spiro atoms. The Morgan fingerprint density at radius 3 is 2.87 bits per heavy atom. The molecule has 1 aromatic carbocycles. The van der Waals surface area contributed by atoms with Gasteiger partial charge in [-0.1, -0.05) is 0 Å². The molecule has 0 radical (unpaired) electrons. The fourth-order valence-corrected chi connectivity index (χ4v) is 1.32. The molecule has 0 unspecified atom stereocenters. The highest BCUT2D eigenvalue weighted by molar-refractivity contribution is 5.78. The van der Waals surface area contributed by atoms with Gasteiger partial charge in [-0.15, -0.1) is 0 Å². The Balaban J connectivity index is 2.77. The van der Waals surface area contributed by atoms with E-state index in [0.29, 0.717) is 11.3 Å². The first-order chi connectivity index (χ1) is 7.24. The maximum absolute atomic E-state index is 8.72. The quantitative estimate of drug-likeness (QED) is 0.762. The molecule has 0 saturated carbocycles. The molecule has 0 atom stereocenters. The number of benzene rings is 1. The molecule has 0 aliphatic rings. The second kappa shape index (κ2) is 3.46. The van der Waals surface area contributed by atoms with Gasteiger partial charge < -0.3 is 9.15 Å². The predicted octanol–water partition coefficient (Wildman–Crippen LogP) is 1.79. The van der Waals surface area contributed by atoms with E-state index in [1.807, 2.05) is 6.07 Å². The van der Waals surface area contributed by atoms with Gasteiger partial charge in [0.2, 0.25) is 5.55 Å². The van der Waals surface area contributed by atoms with Crippen molar-refractivity contribution in [2.24, 2.45) is 0 Å². The lowest BCUT2D eigenvalue weighted by molar-refractivity contribution is 0.413. The largest absolute Gasteiger partial charge is 0.497 e. The van der Waals surface area contributed by atoms with Gasteiger partial charge in [-0.25, -0.2) is 0 Å². The van der Waals surface area contributed by atoms with E-state index < -0.39 is 0 Å². The molecule has 0 saturated heterocycles. The van der Waals surface area contributed by atoms with Crippen LogP contribution >= 0.6 is 0 Å². The average Bonchev–Trinajstić information content (AvgIpc) is 2.27. The third-order valence-corrected chi connectivity index (χ3v) is 2.10.